The number of rotatable bonds is 4. The van der Waals surface area contributed by atoms with Crippen LogP contribution in [0.4, 0.5) is 17.5 Å². The second-order valence-electron chi connectivity index (χ2n) is 7.85. The molecule has 0 saturated carbocycles. The first-order chi connectivity index (χ1) is 14.6. The number of anilines is 2. The first-order valence-electron chi connectivity index (χ1n) is 9.96. The number of aromatic nitrogens is 4. The molecule has 1 N–H and O–H groups in total. The lowest BCUT2D eigenvalue weighted by atomic mass is 10.1. The number of nitrogens with one attached hydrogen (secondary N) is 1. The Bertz CT molecular complexity index is 1080. The predicted octanol–water partition coefficient (Wildman–Crippen LogP) is 2.45. The summed E-state index contributed by atoms with van der Waals surface area (Å²) in [5.74, 6) is 2.89. The lowest BCUT2D eigenvalue weighted by Gasteiger charge is -2.45. The van der Waals surface area contributed by atoms with E-state index in [1.165, 1.54) is 0 Å². The van der Waals surface area contributed by atoms with Crippen molar-refractivity contribution in [3.63, 3.8) is 0 Å². The summed E-state index contributed by atoms with van der Waals surface area (Å²) < 4.78 is 19.8. The first-order valence-corrected chi connectivity index (χ1v) is 9.96. The molecule has 0 bridgehead atoms. The predicted molar refractivity (Wildman–Crippen MR) is 113 cm³/mol. The van der Waals surface area contributed by atoms with Crippen molar-refractivity contribution < 1.29 is 14.2 Å². The molecule has 4 heterocycles. The maximum atomic E-state index is 5.89. The van der Waals surface area contributed by atoms with E-state index >= 15 is 0 Å². The van der Waals surface area contributed by atoms with Crippen LogP contribution in [0.3, 0.4) is 0 Å². The van der Waals surface area contributed by atoms with Crippen LogP contribution in [-0.4, -0.2) is 66.1 Å². The van der Waals surface area contributed by atoms with Crippen LogP contribution < -0.4 is 19.3 Å². The van der Waals surface area contributed by atoms with Crippen molar-refractivity contribution in [3.8, 4) is 17.2 Å². The van der Waals surface area contributed by atoms with Crippen LogP contribution in [0.15, 0.2) is 36.9 Å². The molecule has 1 saturated heterocycles. The van der Waals surface area contributed by atoms with Crippen molar-refractivity contribution >= 4 is 17.5 Å². The minimum absolute atomic E-state index is 0.243. The Morgan fingerprint density at radius 1 is 1.27 bits per heavy atom. The number of benzene rings is 1. The van der Waals surface area contributed by atoms with Gasteiger partial charge < -0.3 is 24.1 Å². The van der Waals surface area contributed by atoms with E-state index in [9.17, 15) is 0 Å². The summed E-state index contributed by atoms with van der Waals surface area (Å²) in [6.07, 6.45) is 5.48. The zero-order chi connectivity index (χ0) is 20.7. The number of morpholine rings is 1. The largest absolute Gasteiger partial charge is 0.494 e. The lowest BCUT2D eigenvalue weighted by molar-refractivity contribution is -0.0207. The van der Waals surface area contributed by atoms with E-state index in [1.807, 2.05) is 35.9 Å². The fraction of sp³-hybridized carbons (Fsp3) is 0.381. The number of fused-ring (bicyclic) bond motifs is 3. The molecule has 9 nitrogen and oxygen atoms in total. The molecule has 0 aliphatic carbocycles. The number of nitrogens with zero attached hydrogens (tertiary/aromatic N) is 5. The molecule has 2 aliphatic heterocycles. The SMILES string of the molecule is COc1cc(Nc2ncc3c(n2)[N+]2(C)CCOCC2CO3)ccc1-n1cnc(C)c1. The molecule has 156 valence electrons. The summed E-state index contributed by atoms with van der Waals surface area (Å²) >= 11 is 0. The topological polar surface area (TPSA) is 83.3 Å². The van der Waals surface area contributed by atoms with Crippen molar-refractivity contribution in [2.75, 3.05) is 45.8 Å². The normalized spacial score (nSPS) is 22.6. The Labute approximate surface area is 174 Å². The molecule has 2 aromatic heterocycles. The van der Waals surface area contributed by atoms with Gasteiger partial charge in [-0.25, -0.2) is 9.97 Å². The highest BCUT2D eigenvalue weighted by atomic mass is 16.5. The number of methoxy groups -OCH3 is 1. The van der Waals surface area contributed by atoms with Gasteiger partial charge in [-0.1, -0.05) is 0 Å². The summed E-state index contributed by atoms with van der Waals surface area (Å²) in [5.41, 5.74) is 2.70. The Balaban J connectivity index is 1.45. The molecule has 30 heavy (non-hydrogen) atoms. The van der Waals surface area contributed by atoms with Crippen LogP contribution in [0.5, 0.6) is 11.5 Å². The highest BCUT2D eigenvalue weighted by Gasteiger charge is 2.46. The van der Waals surface area contributed by atoms with Crippen LogP contribution in [0.2, 0.25) is 0 Å². The maximum Gasteiger partial charge on any atom is 0.275 e. The van der Waals surface area contributed by atoms with Gasteiger partial charge in [0.1, 0.15) is 25.5 Å². The number of aryl methyl sites for hydroxylation is 1. The van der Waals surface area contributed by atoms with E-state index in [2.05, 4.69) is 22.3 Å². The van der Waals surface area contributed by atoms with Crippen LogP contribution in [0, 0.1) is 6.92 Å². The van der Waals surface area contributed by atoms with E-state index in [1.54, 1.807) is 19.6 Å². The van der Waals surface area contributed by atoms with Gasteiger partial charge in [0.05, 0.1) is 44.7 Å². The van der Waals surface area contributed by atoms with Crippen LogP contribution >= 0.6 is 0 Å². The molecule has 2 atom stereocenters. The van der Waals surface area contributed by atoms with Gasteiger partial charge in [-0.05, 0) is 19.1 Å². The van der Waals surface area contributed by atoms with Crippen molar-refractivity contribution in [2.24, 2.45) is 0 Å². The van der Waals surface area contributed by atoms with Crippen molar-refractivity contribution in [1.29, 1.82) is 0 Å². The number of hydrogen-bond donors (Lipinski definition) is 1. The molecule has 2 unspecified atom stereocenters. The number of quaternary nitrogens is 1. The van der Waals surface area contributed by atoms with Gasteiger partial charge in [-0.2, -0.15) is 4.98 Å². The number of imidazole rings is 1. The monoisotopic (exact) mass is 409 g/mol. The minimum atomic E-state index is 0.243. The van der Waals surface area contributed by atoms with E-state index in [4.69, 9.17) is 19.2 Å². The van der Waals surface area contributed by atoms with E-state index < -0.39 is 0 Å². The zero-order valence-electron chi connectivity index (χ0n) is 17.3. The van der Waals surface area contributed by atoms with Gasteiger partial charge >= 0.3 is 0 Å². The average Bonchev–Trinajstić information content (AvgIpc) is 3.19. The van der Waals surface area contributed by atoms with Gasteiger partial charge in [0.2, 0.25) is 11.7 Å². The van der Waals surface area contributed by atoms with Crippen LogP contribution in [-0.2, 0) is 4.74 Å². The summed E-state index contributed by atoms with van der Waals surface area (Å²) in [6, 6.07) is 6.13. The molecule has 9 heteroatoms. The number of hydrogen-bond acceptors (Lipinski definition) is 7. The van der Waals surface area contributed by atoms with Crippen LogP contribution in [0.1, 0.15) is 5.69 Å². The Morgan fingerprint density at radius 2 is 2.17 bits per heavy atom. The Morgan fingerprint density at radius 3 is 2.97 bits per heavy atom. The number of likely N-dealkylation sites (N-methyl/N-ethyl adjacent to an activating group) is 1. The third-order valence-corrected chi connectivity index (χ3v) is 5.89. The fourth-order valence-corrected chi connectivity index (χ4v) is 4.04. The van der Waals surface area contributed by atoms with E-state index in [-0.39, 0.29) is 6.04 Å². The first kappa shape index (κ1) is 18.8. The zero-order valence-corrected chi connectivity index (χ0v) is 17.3. The van der Waals surface area contributed by atoms with Crippen molar-refractivity contribution in [3.05, 3.63) is 42.6 Å². The standard InChI is InChI=1S/C21H25N6O3/c1-14-10-26(13-23-14)17-5-4-15(8-18(17)28-3)24-21-22-9-19-20(25-21)27(2)6-7-29-11-16(27)12-30-19/h4-5,8-10,13,16H,6-7,11-12H2,1-3H3,(H,22,24,25)/q+1. The second-order valence-corrected chi connectivity index (χ2v) is 7.85. The van der Waals surface area contributed by atoms with Crippen molar-refractivity contribution in [2.45, 2.75) is 13.0 Å². The van der Waals surface area contributed by atoms with E-state index in [0.717, 1.165) is 40.9 Å². The quantitative estimate of drug-likeness (QED) is 0.663. The van der Waals surface area contributed by atoms with Gasteiger partial charge in [0.25, 0.3) is 5.82 Å². The second kappa shape index (κ2) is 7.26. The third kappa shape index (κ3) is 3.16. The molecular formula is C21H25N6O3+. The van der Waals surface area contributed by atoms with E-state index in [0.29, 0.717) is 30.3 Å². The highest BCUT2D eigenvalue weighted by molar-refractivity contribution is 5.63. The van der Waals surface area contributed by atoms with Gasteiger partial charge in [-0.15, -0.1) is 0 Å². The van der Waals surface area contributed by atoms with Crippen LogP contribution in [0.25, 0.3) is 5.69 Å². The molecule has 5 rings (SSSR count). The average molecular weight is 409 g/mol. The minimum Gasteiger partial charge on any atom is -0.494 e. The molecule has 0 spiro atoms. The van der Waals surface area contributed by atoms with Gasteiger partial charge in [-0.3, -0.25) is 4.48 Å². The summed E-state index contributed by atoms with van der Waals surface area (Å²) in [7, 11) is 3.85. The molecule has 0 amide bonds. The van der Waals surface area contributed by atoms with Crippen molar-refractivity contribution in [1.82, 2.24) is 24.0 Å². The summed E-state index contributed by atoms with van der Waals surface area (Å²) in [5, 5.41) is 3.30. The summed E-state index contributed by atoms with van der Waals surface area (Å²) in [4.78, 5) is 13.6. The maximum absolute atomic E-state index is 5.89. The number of ether oxygens (including phenoxy) is 3. The molecule has 2 aliphatic rings. The Kier molecular flexibility index (Phi) is 4.56. The van der Waals surface area contributed by atoms with Gasteiger partial charge in [0.15, 0.2) is 6.04 Å². The molecular weight excluding hydrogens is 384 g/mol. The molecule has 1 aromatic carbocycles. The van der Waals surface area contributed by atoms with Gasteiger partial charge in [0, 0.05) is 18.0 Å². The Hall–Kier alpha value is -3.17. The highest BCUT2D eigenvalue weighted by Crippen LogP contribution is 2.38. The molecule has 0 radical (unpaired) electrons. The lowest BCUT2D eigenvalue weighted by Crippen LogP contribution is -2.64. The fourth-order valence-electron chi connectivity index (χ4n) is 4.04. The molecule has 3 aromatic rings. The summed E-state index contributed by atoms with van der Waals surface area (Å²) in [6.45, 7) is 4.83. The molecule has 1 fully saturated rings. The smallest absolute Gasteiger partial charge is 0.275 e. The third-order valence-electron chi connectivity index (χ3n) is 5.89.